The monoisotopic (exact) mass is 295 g/mol. The quantitative estimate of drug-likeness (QED) is 0.907. The maximum atomic E-state index is 13.9. The van der Waals surface area contributed by atoms with Crippen LogP contribution in [0.2, 0.25) is 0 Å². The summed E-state index contributed by atoms with van der Waals surface area (Å²) in [4.78, 5) is 11.5. The van der Waals surface area contributed by atoms with Gasteiger partial charge in [0.05, 0.1) is 5.69 Å². The van der Waals surface area contributed by atoms with Crippen LogP contribution < -0.4 is 5.32 Å². The van der Waals surface area contributed by atoms with Crippen molar-refractivity contribution in [1.82, 2.24) is 0 Å². The van der Waals surface area contributed by atoms with Gasteiger partial charge in [0.15, 0.2) is 5.54 Å². The predicted molar refractivity (Wildman–Crippen MR) is 71.4 cm³/mol. The van der Waals surface area contributed by atoms with Crippen LogP contribution in [0, 0.1) is 17.5 Å². The molecule has 2 aromatic carbocycles. The molecule has 0 radical (unpaired) electrons. The molecular weight excluding hydrogens is 283 g/mol. The fourth-order valence-electron chi connectivity index (χ4n) is 1.96. The zero-order chi connectivity index (χ0) is 15.6. The molecule has 0 bridgehead atoms. The Morgan fingerprint density at radius 3 is 2.33 bits per heavy atom. The Kier molecular flexibility index (Phi) is 3.88. The first-order chi connectivity index (χ1) is 9.84. The van der Waals surface area contributed by atoms with E-state index in [0.29, 0.717) is 6.07 Å². The van der Waals surface area contributed by atoms with Gasteiger partial charge in [-0.2, -0.15) is 0 Å². The van der Waals surface area contributed by atoms with Crippen LogP contribution in [-0.2, 0) is 10.3 Å². The third-order valence-corrected chi connectivity index (χ3v) is 3.16. The highest BCUT2D eigenvalue weighted by atomic mass is 19.1. The number of benzene rings is 2. The molecule has 0 amide bonds. The Morgan fingerprint density at radius 1 is 1.10 bits per heavy atom. The van der Waals surface area contributed by atoms with Crippen molar-refractivity contribution in [3.63, 3.8) is 0 Å². The van der Waals surface area contributed by atoms with E-state index in [1.165, 1.54) is 25.1 Å². The van der Waals surface area contributed by atoms with Gasteiger partial charge in [-0.1, -0.05) is 18.2 Å². The Bertz CT molecular complexity index is 690. The SMILES string of the molecule is CC(Nc1ccccc1F)(C(=O)O)c1ccc(F)cc1F. The van der Waals surface area contributed by atoms with Gasteiger partial charge in [-0.15, -0.1) is 0 Å². The summed E-state index contributed by atoms with van der Waals surface area (Å²) in [6.07, 6.45) is 0. The maximum absolute atomic E-state index is 13.9. The molecule has 0 fully saturated rings. The molecule has 1 unspecified atom stereocenters. The fraction of sp³-hybridized carbons (Fsp3) is 0.133. The zero-order valence-electron chi connectivity index (χ0n) is 11.0. The maximum Gasteiger partial charge on any atom is 0.333 e. The number of halogens is 3. The average molecular weight is 295 g/mol. The van der Waals surface area contributed by atoms with E-state index >= 15 is 0 Å². The summed E-state index contributed by atoms with van der Waals surface area (Å²) in [5.41, 5.74) is -2.33. The lowest BCUT2D eigenvalue weighted by atomic mass is 9.91. The third kappa shape index (κ3) is 2.84. The minimum Gasteiger partial charge on any atom is -0.479 e. The number of carboxylic acid groups (broad SMARTS) is 1. The predicted octanol–water partition coefficient (Wildman–Crippen LogP) is 3.52. The van der Waals surface area contributed by atoms with Crippen LogP contribution in [0.1, 0.15) is 12.5 Å². The Labute approximate surface area is 119 Å². The lowest BCUT2D eigenvalue weighted by Crippen LogP contribution is -2.41. The van der Waals surface area contributed by atoms with E-state index in [0.717, 1.165) is 18.2 Å². The lowest BCUT2D eigenvalue weighted by Gasteiger charge is -2.28. The first kappa shape index (κ1) is 14.9. The van der Waals surface area contributed by atoms with Crippen LogP contribution in [0.4, 0.5) is 18.9 Å². The number of aliphatic carboxylic acids is 1. The second-order valence-electron chi connectivity index (χ2n) is 4.66. The van der Waals surface area contributed by atoms with E-state index in [-0.39, 0.29) is 11.3 Å². The number of hydrogen-bond donors (Lipinski definition) is 2. The summed E-state index contributed by atoms with van der Waals surface area (Å²) in [6.45, 7) is 1.18. The fourth-order valence-corrected chi connectivity index (χ4v) is 1.96. The Morgan fingerprint density at radius 2 is 1.76 bits per heavy atom. The van der Waals surface area contributed by atoms with Gasteiger partial charge in [0.1, 0.15) is 17.5 Å². The summed E-state index contributed by atoms with van der Waals surface area (Å²) >= 11 is 0. The molecule has 1 atom stereocenters. The molecule has 21 heavy (non-hydrogen) atoms. The van der Waals surface area contributed by atoms with Crippen molar-refractivity contribution in [2.24, 2.45) is 0 Å². The first-order valence-electron chi connectivity index (χ1n) is 6.06. The summed E-state index contributed by atoms with van der Waals surface area (Å²) in [5.74, 6) is -3.94. The van der Waals surface area contributed by atoms with E-state index in [2.05, 4.69) is 5.32 Å². The van der Waals surface area contributed by atoms with Gasteiger partial charge in [0.2, 0.25) is 0 Å². The number of nitrogens with one attached hydrogen (secondary N) is 1. The van der Waals surface area contributed by atoms with E-state index in [4.69, 9.17) is 0 Å². The van der Waals surface area contributed by atoms with Gasteiger partial charge >= 0.3 is 5.97 Å². The van der Waals surface area contributed by atoms with Crippen LogP contribution in [0.25, 0.3) is 0 Å². The molecule has 3 nitrogen and oxygen atoms in total. The van der Waals surface area contributed by atoms with E-state index in [1.54, 1.807) is 0 Å². The van der Waals surface area contributed by atoms with Crippen molar-refractivity contribution >= 4 is 11.7 Å². The smallest absolute Gasteiger partial charge is 0.333 e. The number of para-hydroxylation sites is 1. The standard InChI is InChI=1S/C15H12F3NO2/c1-15(14(20)21,10-7-6-9(16)8-12(10)18)19-13-5-3-2-4-11(13)17/h2-8,19H,1H3,(H,20,21). The topological polar surface area (TPSA) is 49.3 Å². The number of rotatable bonds is 4. The molecular formula is C15H12F3NO2. The largest absolute Gasteiger partial charge is 0.479 e. The third-order valence-electron chi connectivity index (χ3n) is 3.16. The summed E-state index contributed by atoms with van der Waals surface area (Å²) in [6, 6.07) is 7.98. The van der Waals surface area contributed by atoms with Crippen molar-refractivity contribution in [1.29, 1.82) is 0 Å². The molecule has 0 saturated heterocycles. The summed E-state index contributed by atoms with van der Waals surface area (Å²) < 4.78 is 40.5. The van der Waals surface area contributed by atoms with Gasteiger partial charge in [0, 0.05) is 11.6 Å². The molecule has 0 aromatic heterocycles. The molecule has 6 heteroatoms. The van der Waals surface area contributed by atoms with Crippen molar-refractivity contribution in [3.05, 3.63) is 65.5 Å². The molecule has 0 aliphatic heterocycles. The van der Waals surface area contributed by atoms with E-state index in [9.17, 15) is 23.1 Å². The number of anilines is 1. The van der Waals surface area contributed by atoms with Crippen LogP contribution in [0.3, 0.4) is 0 Å². The van der Waals surface area contributed by atoms with Crippen molar-refractivity contribution < 1.29 is 23.1 Å². The Balaban J connectivity index is 2.51. The number of hydrogen-bond acceptors (Lipinski definition) is 2. The molecule has 0 spiro atoms. The normalized spacial score (nSPS) is 13.5. The Hall–Kier alpha value is -2.50. The molecule has 2 aromatic rings. The lowest BCUT2D eigenvalue weighted by molar-refractivity contribution is -0.142. The van der Waals surface area contributed by atoms with Crippen molar-refractivity contribution in [3.8, 4) is 0 Å². The van der Waals surface area contributed by atoms with Crippen molar-refractivity contribution in [2.45, 2.75) is 12.5 Å². The molecule has 2 N–H and O–H groups in total. The molecule has 2 rings (SSSR count). The van der Waals surface area contributed by atoms with Gasteiger partial charge in [-0.05, 0) is 25.1 Å². The molecule has 0 aliphatic rings. The number of carboxylic acids is 1. The number of carbonyl (C=O) groups is 1. The second-order valence-corrected chi connectivity index (χ2v) is 4.66. The minimum absolute atomic E-state index is 0.0916. The van der Waals surface area contributed by atoms with Crippen LogP contribution in [0.5, 0.6) is 0 Å². The van der Waals surface area contributed by atoms with Gasteiger partial charge < -0.3 is 10.4 Å². The summed E-state index contributed by atoms with van der Waals surface area (Å²) in [5, 5.41) is 11.8. The van der Waals surface area contributed by atoms with E-state index < -0.39 is 29.0 Å². The highest BCUT2D eigenvalue weighted by molar-refractivity contribution is 5.84. The van der Waals surface area contributed by atoms with E-state index in [1.807, 2.05) is 0 Å². The van der Waals surface area contributed by atoms with Crippen LogP contribution in [0.15, 0.2) is 42.5 Å². The first-order valence-corrected chi connectivity index (χ1v) is 6.06. The molecule has 0 saturated carbocycles. The molecule has 110 valence electrons. The highest BCUT2D eigenvalue weighted by Gasteiger charge is 2.38. The second kappa shape index (κ2) is 5.47. The van der Waals surface area contributed by atoms with Crippen molar-refractivity contribution in [2.75, 3.05) is 5.32 Å². The molecule has 0 heterocycles. The van der Waals surface area contributed by atoms with Gasteiger partial charge in [-0.25, -0.2) is 18.0 Å². The van der Waals surface area contributed by atoms with Gasteiger partial charge in [0.25, 0.3) is 0 Å². The zero-order valence-corrected chi connectivity index (χ0v) is 11.0. The van der Waals surface area contributed by atoms with Gasteiger partial charge in [-0.3, -0.25) is 0 Å². The highest BCUT2D eigenvalue weighted by Crippen LogP contribution is 2.30. The minimum atomic E-state index is -1.94. The van der Waals surface area contributed by atoms with Crippen LogP contribution >= 0.6 is 0 Å². The summed E-state index contributed by atoms with van der Waals surface area (Å²) in [7, 11) is 0. The average Bonchev–Trinajstić information content (AvgIpc) is 2.41. The van der Waals surface area contributed by atoms with Crippen LogP contribution in [-0.4, -0.2) is 11.1 Å². The molecule has 0 aliphatic carbocycles.